The van der Waals surface area contributed by atoms with Crippen molar-refractivity contribution in [2.75, 3.05) is 25.0 Å². The predicted molar refractivity (Wildman–Crippen MR) is 126 cm³/mol. The monoisotopic (exact) mass is 502 g/mol. The van der Waals surface area contributed by atoms with Gasteiger partial charge in [-0.3, -0.25) is 14.9 Å². The molecule has 0 radical (unpaired) electrons. The molecule has 6 nitrogen and oxygen atoms in total. The van der Waals surface area contributed by atoms with Crippen LogP contribution < -0.4 is 5.32 Å². The van der Waals surface area contributed by atoms with E-state index in [1.807, 2.05) is 11.7 Å². The maximum Gasteiger partial charge on any atom is 0.416 e. The Balaban J connectivity index is 1.19. The van der Waals surface area contributed by atoms with Gasteiger partial charge in [0.2, 0.25) is 0 Å². The maximum atomic E-state index is 13.3. The van der Waals surface area contributed by atoms with Crippen LogP contribution in [-0.2, 0) is 18.0 Å². The molecule has 2 bridgehead atoms. The fourth-order valence-corrected chi connectivity index (χ4v) is 5.34. The van der Waals surface area contributed by atoms with E-state index in [2.05, 4.69) is 21.4 Å². The number of fused-ring (bicyclic) bond motifs is 3. The average molecular weight is 503 g/mol. The number of amides is 1. The first kappa shape index (κ1) is 24.3. The third-order valence-electron chi connectivity index (χ3n) is 7.16. The van der Waals surface area contributed by atoms with Crippen LogP contribution in [0.5, 0.6) is 0 Å². The summed E-state index contributed by atoms with van der Waals surface area (Å²) in [5, 5.41) is 7.02. The first-order valence-corrected chi connectivity index (χ1v) is 11.8. The van der Waals surface area contributed by atoms with Crippen molar-refractivity contribution < 1.29 is 27.1 Å². The molecular weight excluding hydrogens is 476 g/mol. The Kier molecular flexibility index (Phi) is 6.46. The summed E-state index contributed by atoms with van der Waals surface area (Å²) in [6.45, 7) is 1.86. The van der Waals surface area contributed by atoms with E-state index >= 15 is 0 Å². The molecule has 0 aliphatic carbocycles. The molecule has 2 aromatic carbocycles. The second-order valence-electron chi connectivity index (χ2n) is 9.43. The number of piperidine rings is 3. The van der Waals surface area contributed by atoms with Crippen molar-refractivity contribution in [3.8, 4) is 11.3 Å². The topological polar surface area (TPSA) is 59.4 Å². The molecule has 0 saturated carbocycles. The molecular formula is C26H26F4N4O2. The number of anilines is 1. The van der Waals surface area contributed by atoms with Gasteiger partial charge in [-0.05, 0) is 73.8 Å². The largest absolute Gasteiger partial charge is 0.448 e. The van der Waals surface area contributed by atoms with Crippen LogP contribution in [0, 0.1) is 11.7 Å². The first-order valence-electron chi connectivity index (χ1n) is 11.8. The maximum absolute atomic E-state index is 13.3. The van der Waals surface area contributed by atoms with E-state index in [0.29, 0.717) is 5.92 Å². The zero-order valence-corrected chi connectivity index (χ0v) is 19.6. The van der Waals surface area contributed by atoms with Gasteiger partial charge in [-0.2, -0.15) is 18.3 Å². The molecule has 3 fully saturated rings. The van der Waals surface area contributed by atoms with Crippen LogP contribution in [-0.4, -0.2) is 46.5 Å². The van der Waals surface area contributed by atoms with Crippen LogP contribution in [0.1, 0.15) is 30.0 Å². The Hall–Kier alpha value is -3.40. The van der Waals surface area contributed by atoms with Gasteiger partial charge in [0.05, 0.1) is 11.3 Å². The van der Waals surface area contributed by atoms with Gasteiger partial charge in [0.15, 0.2) is 0 Å². The van der Waals surface area contributed by atoms with Crippen LogP contribution in [0.25, 0.3) is 11.3 Å². The lowest BCUT2D eigenvalue weighted by molar-refractivity contribution is -0.137. The lowest BCUT2D eigenvalue weighted by Crippen LogP contribution is -2.54. The number of benzene rings is 2. The molecule has 3 saturated heterocycles. The van der Waals surface area contributed by atoms with Gasteiger partial charge in [0.25, 0.3) is 0 Å². The molecule has 1 N–H and O–H groups in total. The molecule has 3 aliphatic heterocycles. The standard InChI is InChI=1S/C26H26F4N4O2/c1-33-24(13-23(32-33)16-5-7-19(27)8-6-16)22-14-34-10-9-17(22)11-21(34)15-36-25(35)31-20-4-2-3-18(12-20)26(28,29)30/h2-8,12-13,17,21-22H,9-11,14-15H2,1H3,(H,31,35)/t17-,21+,22+/m0/s1. The van der Waals surface area contributed by atoms with Crippen LogP contribution >= 0.6 is 0 Å². The number of nitrogens with zero attached hydrogens (tertiary/aromatic N) is 3. The molecule has 3 aliphatic rings. The van der Waals surface area contributed by atoms with Crippen molar-refractivity contribution in [1.29, 1.82) is 0 Å². The van der Waals surface area contributed by atoms with Crippen molar-refractivity contribution in [2.45, 2.75) is 31.0 Å². The zero-order chi connectivity index (χ0) is 25.4. The summed E-state index contributed by atoms with van der Waals surface area (Å²) < 4.78 is 59.2. The highest BCUT2D eigenvalue weighted by Gasteiger charge is 2.42. The summed E-state index contributed by atoms with van der Waals surface area (Å²) in [6, 6.07) is 12.9. The Morgan fingerprint density at radius 1 is 1.17 bits per heavy atom. The van der Waals surface area contributed by atoms with Crippen LogP contribution in [0.2, 0.25) is 0 Å². The van der Waals surface area contributed by atoms with E-state index in [1.165, 1.54) is 24.3 Å². The smallest absolute Gasteiger partial charge is 0.416 e. The molecule has 0 spiro atoms. The number of carbonyl (C=O) groups is 1. The number of halogens is 4. The number of hydrogen-bond acceptors (Lipinski definition) is 4. The minimum Gasteiger partial charge on any atom is -0.448 e. The molecule has 6 rings (SSSR count). The number of aromatic nitrogens is 2. The highest BCUT2D eigenvalue weighted by Crippen LogP contribution is 2.42. The van der Waals surface area contributed by atoms with Crippen molar-refractivity contribution in [1.82, 2.24) is 14.7 Å². The highest BCUT2D eigenvalue weighted by molar-refractivity contribution is 5.84. The van der Waals surface area contributed by atoms with Crippen LogP contribution in [0.4, 0.5) is 28.0 Å². The van der Waals surface area contributed by atoms with Gasteiger partial charge in [-0.1, -0.05) is 6.07 Å². The van der Waals surface area contributed by atoms with E-state index in [0.717, 1.165) is 55.0 Å². The first-order chi connectivity index (χ1) is 17.2. The minimum absolute atomic E-state index is 0.0357. The van der Waals surface area contributed by atoms with Crippen molar-refractivity contribution in [3.63, 3.8) is 0 Å². The molecule has 10 heteroatoms. The number of rotatable bonds is 5. The van der Waals surface area contributed by atoms with E-state index in [4.69, 9.17) is 4.74 Å². The second-order valence-corrected chi connectivity index (χ2v) is 9.43. The van der Waals surface area contributed by atoms with Crippen molar-refractivity contribution in [3.05, 3.63) is 71.7 Å². The molecule has 1 amide bonds. The molecule has 4 atom stereocenters. The summed E-state index contributed by atoms with van der Waals surface area (Å²) in [4.78, 5) is 14.5. The number of alkyl halides is 3. The number of carbonyl (C=O) groups excluding carboxylic acids is 1. The van der Waals surface area contributed by atoms with Gasteiger partial charge >= 0.3 is 12.3 Å². The fraction of sp³-hybridized carbons (Fsp3) is 0.385. The summed E-state index contributed by atoms with van der Waals surface area (Å²) in [7, 11) is 1.92. The minimum atomic E-state index is -4.49. The zero-order valence-electron chi connectivity index (χ0n) is 19.6. The van der Waals surface area contributed by atoms with Gasteiger partial charge in [-0.15, -0.1) is 0 Å². The third kappa shape index (κ3) is 5.09. The Morgan fingerprint density at radius 2 is 1.94 bits per heavy atom. The number of nitrogens with one attached hydrogen (secondary N) is 1. The lowest BCUT2D eigenvalue weighted by atomic mass is 9.74. The Morgan fingerprint density at radius 3 is 2.64 bits per heavy atom. The van der Waals surface area contributed by atoms with Gasteiger partial charge < -0.3 is 4.74 Å². The summed E-state index contributed by atoms with van der Waals surface area (Å²) in [5.74, 6) is 0.385. The normalized spacial score (nSPS) is 23.5. The SMILES string of the molecule is Cn1nc(-c2ccc(F)cc2)cc1[C@@H]1CN2CC[C@H]1C[C@@H]2COC(=O)Nc1cccc(C(F)(F)F)c1. The predicted octanol–water partition coefficient (Wildman–Crippen LogP) is 5.67. The molecule has 3 aromatic rings. The lowest BCUT2D eigenvalue weighted by Gasteiger charge is -2.49. The summed E-state index contributed by atoms with van der Waals surface area (Å²) >= 11 is 0. The Labute approximate surface area is 205 Å². The van der Waals surface area contributed by atoms with E-state index in [-0.39, 0.29) is 30.1 Å². The van der Waals surface area contributed by atoms with Gasteiger partial charge in [0, 0.05) is 42.5 Å². The quantitative estimate of drug-likeness (QED) is 0.457. The van der Waals surface area contributed by atoms with Crippen molar-refractivity contribution >= 4 is 11.8 Å². The van der Waals surface area contributed by atoms with E-state index in [1.54, 1.807) is 12.1 Å². The number of aryl methyl sites for hydroxylation is 1. The highest BCUT2D eigenvalue weighted by atomic mass is 19.4. The summed E-state index contributed by atoms with van der Waals surface area (Å²) in [5.41, 5.74) is 1.98. The van der Waals surface area contributed by atoms with E-state index < -0.39 is 17.8 Å². The molecule has 1 aromatic heterocycles. The average Bonchev–Trinajstić information content (AvgIpc) is 3.24. The molecule has 36 heavy (non-hydrogen) atoms. The second kappa shape index (κ2) is 9.57. The fourth-order valence-electron chi connectivity index (χ4n) is 5.34. The summed E-state index contributed by atoms with van der Waals surface area (Å²) in [6.07, 6.45) is -3.39. The molecule has 190 valence electrons. The van der Waals surface area contributed by atoms with Crippen molar-refractivity contribution in [2.24, 2.45) is 13.0 Å². The molecule has 4 heterocycles. The Bertz CT molecular complexity index is 1240. The van der Waals surface area contributed by atoms with Crippen LogP contribution in [0.15, 0.2) is 54.6 Å². The van der Waals surface area contributed by atoms with E-state index in [9.17, 15) is 22.4 Å². The third-order valence-corrected chi connectivity index (χ3v) is 7.16. The molecule has 1 unspecified atom stereocenters. The van der Waals surface area contributed by atoms with Crippen LogP contribution in [0.3, 0.4) is 0 Å². The van der Waals surface area contributed by atoms with Gasteiger partial charge in [-0.25, -0.2) is 9.18 Å². The van der Waals surface area contributed by atoms with Gasteiger partial charge in [0.1, 0.15) is 12.4 Å². The number of hydrogen-bond donors (Lipinski definition) is 1. The number of ether oxygens (including phenoxy) is 1.